The number of carbonyl (C=O) groups excluding carboxylic acids is 6. The maximum Gasteiger partial charge on any atom is 0.310 e. The third-order valence-electron chi connectivity index (χ3n) is 9.89. The number of nitro groups is 1. The molecule has 4 unspecified atom stereocenters. The zero-order chi connectivity index (χ0) is 45.0. The molecule has 2 fully saturated rings. The number of aliphatic hydroxyl groups is 3. The quantitative estimate of drug-likeness (QED) is 0.0410. The van der Waals surface area contributed by atoms with E-state index in [1.54, 1.807) is 37.3 Å². The number of hydrogen-bond donors (Lipinski definition) is 16. The Hall–Kier alpha value is -6.96. The second-order valence-corrected chi connectivity index (χ2v) is 14.1. The van der Waals surface area contributed by atoms with Crippen molar-refractivity contribution in [2.45, 2.75) is 73.8 Å². The molecule has 17 N–H and O–H groups in total. The highest BCUT2D eigenvalue weighted by atomic mass is 16.6. The van der Waals surface area contributed by atoms with Gasteiger partial charge in [-0.15, -0.1) is 0 Å². The molecule has 2 aliphatic rings. The minimum atomic E-state index is -2.08. The number of nitrogens with two attached hydrogens (primary N) is 1. The number of aliphatic hydroxyl groups excluding tert-OH is 3. The lowest BCUT2D eigenvalue weighted by Gasteiger charge is -2.33. The standard InChI is InChI=1S/C36H48N13O12/c1-16(18-5-3-2-4-6-18)26(46-25(53)11-37)32(57)43-20(9-17-7-8-24(52)23(10-17)49(60)61)31(56)47-28(30(55)22-13-41-36(39)45-22)34(59)48-27(33(58)42-19(14-50)15-51)29(54)21-12-40-35(38)44-21/h2-8,10,16,19-22,26-30,50,52,54-55H,9,11-14,37H2,1H3,(H,42,58)(H,43,57)(H,46,53)(H,47,56)(H,48,59)(H3,38,40,44)(H3,39,41,45)/t16?,19-,20+,21?,22?,26-,27+,28-,29-,30?/m0/s1. The molecule has 329 valence electrons. The predicted octanol–water partition coefficient (Wildman–Crippen LogP) is -6.15. The molecule has 0 saturated carbocycles. The molecule has 2 saturated heterocycles. The number of nitrogens with zero attached hydrogens (tertiary/aromatic N) is 1. The van der Waals surface area contributed by atoms with Crippen LogP contribution >= 0.6 is 0 Å². The van der Waals surface area contributed by atoms with Gasteiger partial charge in [0.15, 0.2) is 17.7 Å². The first kappa shape index (κ1) is 46.7. The van der Waals surface area contributed by atoms with Crippen LogP contribution in [0, 0.1) is 20.9 Å². The van der Waals surface area contributed by atoms with Crippen LogP contribution in [0.15, 0.2) is 48.5 Å². The third kappa shape index (κ3) is 12.3. The molecule has 0 bridgehead atoms. The van der Waals surface area contributed by atoms with E-state index in [4.69, 9.17) is 16.6 Å². The number of amides is 5. The van der Waals surface area contributed by atoms with Crippen molar-refractivity contribution in [3.8, 4) is 5.75 Å². The highest BCUT2D eigenvalue weighted by Gasteiger charge is 2.43. The summed E-state index contributed by atoms with van der Waals surface area (Å²) < 4.78 is 0. The van der Waals surface area contributed by atoms with Gasteiger partial charge in [0, 0.05) is 31.5 Å². The van der Waals surface area contributed by atoms with Gasteiger partial charge in [-0.25, -0.2) is 0 Å². The highest BCUT2D eigenvalue weighted by molar-refractivity contribution is 5.97. The van der Waals surface area contributed by atoms with Crippen LogP contribution in [0.25, 0.3) is 0 Å². The molecule has 1 radical (unpaired) electrons. The molecule has 2 aliphatic heterocycles. The van der Waals surface area contributed by atoms with Gasteiger partial charge in [-0.3, -0.25) is 49.7 Å². The number of benzene rings is 2. The van der Waals surface area contributed by atoms with Gasteiger partial charge in [0.1, 0.15) is 42.4 Å². The summed E-state index contributed by atoms with van der Waals surface area (Å²) in [5.41, 5.74) is 5.40. The van der Waals surface area contributed by atoms with Gasteiger partial charge in [0.25, 0.3) is 0 Å². The van der Waals surface area contributed by atoms with E-state index in [9.17, 15) is 59.3 Å². The molecule has 2 aromatic rings. The Morgan fingerprint density at radius 2 is 1.39 bits per heavy atom. The summed E-state index contributed by atoms with van der Waals surface area (Å²) in [5, 5.41) is 91.8. The minimum Gasteiger partial charge on any atom is -0.502 e. The fraction of sp³-hybridized carbons (Fsp3) is 0.444. The summed E-state index contributed by atoms with van der Waals surface area (Å²) in [6.07, 6.45) is -2.96. The van der Waals surface area contributed by atoms with E-state index in [2.05, 4.69) is 47.9 Å². The van der Waals surface area contributed by atoms with E-state index in [0.717, 1.165) is 12.1 Å². The lowest BCUT2D eigenvalue weighted by Crippen LogP contribution is -2.67. The predicted molar refractivity (Wildman–Crippen MR) is 212 cm³/mol. The van der Waals surface area contributed by atoms with E-state index in [-0.39, 0.29) is 30.6 Å². The van der Waals surface area contributed by atoms with Crippen LogP contribution < -0.4 is 53.6 Å². The van der Waals surface area contributed by atoms with E-state index in [1.165, 1.54) is 12.4 Å². The fourth-order valence-electron chi connectivity index (χ4n) is 6.51. The van der Waals surface area contributed by atoms with Crippen LogP contribution in [0.3, 0.4) is 0 Å². The van der Waals surface area contributed by atoms with Crippen molar-refractivity contribution in [3.05, 3.63) is 69.8 Å². The Morgan fingerprint density at radius 3 is 1.89 bits per heavy atom. The summed E-state index contributed by atoms with van der Waals surface area (Å²) in [6, 6.07) is 0.579. The van der Waals surface area contributed by atoms with Crippen LogP contribution in [0.4, 0.5) is 5.69 Å². The fourth-order valence-corrected chi connectivity index (χ4v) is 6.51. The molecule has 4 rings (SSSR count). The van der Waals surface area contributed by atoms with Crippen LogP contribution in [-0.2, 0) is 35.2 Å². The number of guanidine groups is 2. The van der Waals surface area contributed by atoms with E-state index < -0.39 is 126 Å². The van der Waals surface area contributed by atoms with Gasteiger partial charge in [-0.2, -0.15) is 0 Å². The molecule has 0 aliphatic carbocycles. The molecule has 0 aromatic heterocycles. The molecule has 2 aromatic carbocycles. The zero-order valence-electron chi connectivity index (χ0n) is 32.5. The van der Waals surface area contributed by atoms with Gasteiger partial charge < -0.3 is 74.0 Å². The van der Waals surface area contributed by atoms with Crippen molar-refractivity contribution in [2.75, 3.05) is 26.2 Å². The average Bonchev–Trinajstić information content (AvgIpc) is 3.90. The zero-order valence-corrected chi connectivity index (χ0v) is 32.5. The molecule has 25 heteroatoms. The van der Waals surface area contributed by atoms with E-state index in [1.807, 2.05) is 0 Å². The molecule has 25 nitrogen and oxygen atoms in total. The van der Waals surface area contributed by atoms with Crippen molar-refractivity contribution in [1.29, 1.82) is 10.8 Å². The first-order valence-corrected chi connectivity index (χ1v) is 18.7. The maximum atomic E-state index is 14.4. The second kappa shape index (κ2) is 21.3. The molecule has 0 spiro atoms. The molecular weight excluding hydrogens is 806 g/mol. The SMILES string of the molecule is CC(c1ccccc1)[C@H](NC(=O)CN)C(=O)N[C@H](Cc1ccc(O)c([N+](=O)[O-])c1)C(=O)N[C@H](C(=O)N[C@@H](C(=O)N[C@H]([C]=O)CO)[C@@H](O)C1CNC(=N)N1)C(O)C1CNC(=N)N1. The van der Waals surface area contributed by atoms with Crippen molar-refractivity contribution < 1.29 is 54.1 Å². The van der Waals surface area contributed by atoms with Crippen LogP contribution in [0.1, 0.15) is 24.0 Å². The second-order valence-electron chi connectivity index (χ2n) is 14.1. The minimum absolute atomic E-state index is 0.0220. The van der Waals surface area contributed by atoms with Gasteiger partial charge in [-0.1, -0.05) is 43.3 Å². The van der Waals surface area contributed by atoms with Crippen molar-refractivity contribution in [2.24, 2.45) is 5.73 Å². The van der Waals surface area contributed by atoms with Crippen LogP contribution in [0.5, 0.6) is 5.75 Å². The number of phenols is 1. The summed E-state index contributed by atoms with van der Waals surface area (Å²) in [4.78, 5) is 90.8. The van der Waals surface area contributed by atoms with Gasteiger partial charge in [0.2, 0.25) is 35.8 Å². The third-order valence-corrected chi connectivity index (χ3v) is 9.89. The molecule has 61 heavy (non-hydrogen) atoms. The van der Waals surface area contributed by atoms with E-state index >= 15 is 0 Å². The Kier molecular flexibility index (Phi) is 16.3. The highest BCUT2D eigenvalue weighted by Crippen LogP contribution is 2.27. The van der Waals surface area contributed by atoms with Crippen molar-refractivity contribution in [3.63, 3.8) is 0 Å². The average molecular weight is 855 g/mol. The summed E-state index contributed by atoms with van der Waals surface area (Å²) in [5.74, 6) is -7.37. The van der Waals surface area contributed by atoms with Gasteiger partial charge in [0.05, 0.1) is 30.2 Å². The summed E-state index contributed by atoms with van der Waals surface area (Å²) >= 11 is 0. The number of rotatable bonds is 21. The number of hydrogen-bond acceptors (Lipinski definition) is 15. The van der Waals surface area contributed by atoms with Gasteiger partial charge in [-0.05, 0) is 17.2 Å². The van der Waals surface area contributed by atoms with Crippen LogP contribution in [-0.4, -0.2) is 154 Å². The molecule has 5 amide bonds. The molecular formula is C36H48N13O12. The molecule has 2 heterocycles. The number of nitro benzene ring substituents is 1. The first-order valence-electron chi connectivity index (χ1n) is 18.7. The topological polar surface area (TPSA) is 408 Å². The summed E-state index contributed by atoms with van der Waals surface area (Å²) in [6.45, 7) is -0.0843. The lowest BCUT2D eigenvalue weighted by atomic mass is 9.92. The van der Waals surface area contributed by atoms with E-state index in [0.29, 0.717) is 5.56 Å². The normalized spacial score (nSPS) is 19.6. The van der Waals surface area contributed by atoms with Crippen molar-refractivity contribution in [1.82, 2.24) is 47.9 Å². The Balaban J connectivity index is 1.74. The van der Waals surface area contributed by atoms with Gasteiger partial charge >= 0.3 is 5.69 Å². The first-order chi connectivity index (χ1) is 29.0. The summed E-state index contributed by atoms with van der Waals surface area (Å²) in [7, 11) is 0. The maximum absolute atomic E-state index is 14.4. The lowest BCUT2D eigenvalue weighted by molar-refractivity contribution is -0.385. The number of nitrogens with one attached hydrogen (secondary N) is 11. The smallest absolute Gasteiger partial charge is 0.310 e. The Labute approximate surface area is 347 Å². The van der Waals surface area contributed by atoms with Crippen molar-refractivity contribution >= 4 is 53.4 Å². The monoisotopic (exact) mass is 854 g/mol. The number of carbonyl (C=O) groups is 5. The van der Waals surface area contributed by atoms with Crippen LogP contribution in [0.2, 0.25) is 0 Å². The largest absolute Gasteiger partial charge is 0.502 e. The molecule has 10 atom stereocenters. The Bertz CT molecular complexity index is 1970. The number of aromatic hydroxyl groups is 1. The Morgan fingerprint density at radius 1 is 0.852 bits per heavy atom. The number of phenolic OH excluding ortho intramolecular Hbond substituents is 1.